The lowest BCUT2D eigenvalue weighted by molar-refractivity contribution is -0.0149. The Balaban J connectivity index is 3.80. The quantitative estimate of drug-likeness (QED) is 0.605. The van der Waals surface area contributed by atoms with E-state index in [9.17, 15) is 5.11 Å². The summed E-state index contributed by atoms with van der Waals surface area (Å²) in [6.45, 7) is 9.19. The first-order chi connectivity index (χ1) is 4.63. The van der Waals surface area contributed by atoms with Crippen LogP contribution in [-0.2, 0) is 0 Å². The minimum Gasteiger partial charge on any atom is -0.378 e. The molecule has 2 nitrogen and oxygen atoms in total. The maximum absolute atomic E-state index is 9.41. The maximum Gasteiger partial charge on any atom is 0.107 e. The summed E-state index contributed by atoms with van der Waals surface area (Å²) in [6.07, 6.45) is 0.552. The van der Waals surface area contributed by atoms with Gasteiger partial charge in [0, 0.05) is 6.04 Å². The van der Waals surface area contributed by atoms with Crippen LogP contribution in [0, 0.1) is 0 Å². The molecular formula is C8H19NO. The van der Waals surface area contributed by atoms with Gasteiger partial charge in [0.2, 0.25) is 0 Å². The van der Waals surface area contributed by atoms with Crippen molar-refractivity contribution in [1.82, 2.24) is 4.90 Å². The number of hydrogen-bond acceptors (Lipinski definition) is 2. The Morgan fingerprint density at radius 1 is 1.30 bits per heavy atom. The third-order valence-corrected chi connectivity index (χ3v) is 1.78. The van der Waals surface area contributed by atoms with Gasteiger partial charge in [0.25, 0.3) is 0 Å². The van der Waals surface area contributed by atoms with Gasteiger partial charge in [-0.25, -0.2) is 0 Å². The van der Waals surface area contributed by atoms with Crippen LogP contribution >= 0.6 is 0 Å². The number of aliphatic hydroxyl groups is 1. The van der Waals surface area contributed by atoms with Crippen molar-refractivity contribution in [2.45, 2.75) is 46.4 Å². The second-order valence-corrected chi connectivity index (χ2v) is 2.81. The Bertz CT molecular complexity index is 83.3. The Kier molecular flexibility index (Phi) is 4.65. The molecule has 1 N–H and O–H groups in total. The van der Waals surface area contributed by atoms with Crippen molar-refractivity contribution in [2.75, 3.05) is 6.54 Å². The van der Waals surface area contributed by atoms with Crippen LogP contribution in [-0.4, -0.2) is 28.8 Å². The van der Waals surface area contributed by atoms with Gasteiger partial charge in [0.05, 0.1) is 0 Å². The monoisotopic (exact) mass is 145 g/mol. The molecule has 0 saturated heterocycles. The second kappa shape index (κ2) is 4.69. The average Bonchev–Trinajstić information content (AvgIpc) is 1.88. The first-order valence-corrected chi connectivity index (χ1v) is 4.07. The van der Waals surface area contributed by atoms with Crippen LogP contribution in [0.1, 0.15) is 34.1 Å². The summed E-state index contributed by atoms with van der Waals surface area (Å²) < 4.78 is 0. The molecule has 0 aromatic rings. The molecule has 62 valence electrons. The molecule has 1 atom stereocenters. The van der Waals surface area contributed by atoms with Crippen LogP contribution in [0.5, 0.6) is 0 Å². The van der Waals surface area contributed by atoms with Crippen molar-refractivity contribution in [3.05, 3.63) is 0 Å². The minimum absolute atomic E-state index is 0.259. The highest BCUT2D eigenvalue weighted by Crippen LogP contribution is 2.04. The van der Waals surface area contributed by atoms with E-state index in [0.717, 1.165) is 13.0 Å². The largest absolute Gasteiger partial charge is 0.378 e. The lowest BCUT2D eigenvalue weighted by Crippen LogP contribution is -2.39. The maximum atomic E-state index is 9.41. The van der Waals surface area contributed by atoms with E-state index in [-0.39, 0.29) is 6.23 Å². The Morgan fingerprint density at radius 3 is 1.90 bits per heavy atom. The van der Waals surface area contributed by atoms with E-state index in [1.54, 1.807) is 0 Å². The van der Waals surface area contributed by atoms with Crippen molar-refractivity contribution < 1.29 is 5.11 Å². The van der Waals surface area contributed by atoms with Gasteiger partial charge in [-0.05, 0) is 26.8 Å². The molecule has 0 fully saturated rings. The van der Waals surface area contributed by atoms with Crippen molar-refractivity contribution in [1.29, 1.82) is 0 Å². The van der Waals surface area contributed by atoms with Gasteiger partial charge in [-0.3, -0.25) is 4.90 Å². The van der Waals surface area contributed by atoms with Crippen LogP contribution in [0.3, 0.4) is 0 Å². The molecule has 0 rings (SSSR count). The normalized spacial score (nSPS) is 14.7. The fraction of sp³-hybridized carbons (Fsp3) is 1.00. The van der Waals surface area contributed by atoms with E-state index in [2.05, 4.69) is 25.7 Å². The highest BCUT2D eigenvalue weighted by atomic mass is 16.3. The van der Waals surface area contributed by atoms with Gasteiger partial charge in [-0.1, -0.05) is 13.8 Å². The summed E-state index contributed by atoms with van der Waals surface area (Å²) in [4.78, 5) is 2.07. The smallest absolute Gasteiger partial charge is 0.107 e. The van der Waals surface area contributed by atoms with Gasteiger partial charge < -0.3 is 5.11 Å². The summed E-state index contributed by atoms with van der Waals surface area (Å²) in [6, 6.07) is 0.444. The van der Waals surface area contributed by atoms with E-state index in [1.165, 1.54) is 0 Å². The molecule has 0 aromatic heterocycles. The summed E-state index contributed by atoms with van der Waals surface area (Å²) in [5, 5.41) is 9.41. The third kappa shape index (κ3) is 2.67. The molecule has 0 aliphatic heterocycles. The molecule has 1 unspecified atom stereocenters. The third-order valence-electron chi connectivity index (χ3n) is 1.78. The van der Waals surface area contributed by atoms with Crippen molar-refractivity contribution in [3.8, 4) is 0 Å². The fourth-order valence-electron chi connectivity index (χ4n) is 1.15. The van der Waals surface area contributed by atoms with Crippen LogP contribution in [0.2, 0.25) is 0 Å². The lowest BCUT2D eigenvalue weighted by atomic mass is 10.2. The first-order valence-electron chi connectivity index (χ1n) is 4.07. The topological polar surface area (TPSA) is 23.5 Å². The standard InChI is InChI=1S/C8H19NO/c1-5-8(10)9(6-2)7(3)4/h7-8,10H,5-6H2,1-4H3. The number of rotatable bonds is 4. The van der Waals surface area contributed by atoms with E-state index in [0.29, 0.717) is 6.04 Å². The Labute approximate surface area is 63.8 Å². The summed E-state index contributed by atoms with van der Waals surface area (Å²) in [7, 11) is 0. The number of aliphatic hydroxyl groups excluding tert-OH is 1. The second-order valence-electron chi connectivity index (χ2n) is 2.81. The summed E-state index contributed by atoms with van der Waals surface area (Å²) in [5.41, 5.74) is 0. The van der Waals surface area contributed by atoms with Crippen molar-refractivity contribution in [2.24, 2.45) is 0 Å². The van der Waals surface area contributed by atoms with Gasteiger partial charge in [0.1, 0.15) is 6.23 Å². The zero-order valence-electron chi connectivity index (χ0n) is 7.46. The van der Waals surface area contributed by atoms with Crippen molar-refractivity contribution in [3.63, 3.8) is 0 Å². The minimum atomic E-state index is -0.259. The SMILES string of the molecule is CCC(O)N(CC)C(C)C. The van der Waals surface area contributed by atoms with E-state index in [4.69, 9.17) is 0 Å². The van der Waals surface area contributed by atoms with Gasteiger partial charge in [-0.2, -0.15) is 0 Å². The van der Waals surface area contributed by atoms with Gasteiger partial charge in [0.15, 0.2) is 0 Å². The molecule has 0 aliphatic rings. The predicted molar refractivity (Wildman–Crippen MR) is 43.8 cm³/mol. The lowest BCUT2D eigenvalue weighted by Gasteiger charge is -2.29. The number of nitrogens with zero attached hydrogens (tertiary/aromatic N) is 1. The predicted octanol–water partition coefficient (Wildman–Crippen LogP) is 1.45. The van der Waals surface area contributed by atoms with E-state index in [1.807, 2.05) is 6.92 Å². The fourth-order valence-corrected chi connectivity index (χ4v) is 1.15. The van der Waals surface area contributed by atoms with Crippen LogP contribution in [0.4, 0.5) is 0 Å². The molecule has 0 saturated carbocycles. The molecule has 10 heavy (non-hydrogen) atoms. The number of hydrogen-bond donors (Lipinski definition) is 1. The molecule has 0 amide bonds. The average molecular weight is 145 g/mol. The molecule has 0 bridgehead atoms. The van der Waals surface area contributed by atoms with Crippen LogP contribution in [0.15, 0.2) is 0 Å². The van der Waals surface area contributed by atoms with Crippen LogP contribution in [0.25, 0.3) is 0 Å². The zero-order valence-corrected chi connectivity index (χ0v) is 7.46. The first kappa shape index (κ1) is 9.92. The van der Waals surface area contributed by atoms with E-state index >= 15 is 0 Å². The molecule has 0 radical (unpaired) electrons. The van der Waals surface area contributed by atoms with Crippen molar-refractivity contribution >= 4 is 0 Å². The Morgan fingerprint density at radius 2 is 1.80 bits per heavy atom. The highest BCUT2D eigenvalue weighted by Gasteiger charge is 2.13. The summed E-state index contributed by atoms with van der Waals surface area (Å²) >= 11 is 0. The molecular weight excluding hydrogens is 126 g/mol. The van der Waals surface area contributed by atoms with Gasteiger partial charge >= 0.3 is 0 Å². The van der Waals surface area contributed by atoms with Gasteiger partial charge in [-0.15, -0.1) is 0 Å². The van der Waals surface area contributed by atoms with E-state index < -0.39 is 0 Å². The molecule has 0 aliphatic carbocycles. The molecule has 0 spiro atoms. The summed E-state index contributed by atoms with van der Waals surface area (Å²) in [5.74, 6) is 0. The molecule has 0 heterocycles. The van der Waals surface area contributed by atoms with Crippen LogP contribution < -0.4 is 0 Å². The Hall–Kier alpha value is -0.0800. The molecule has 2 heteroatoms. The highest BCUT2D eigenvalue weighted by molar-refractivity contribution is 4.62. The molecule has 0 aromatic carbocycles. The zero-order chi connectivity index (χ0) is 8.15.